The first-order valence-electron chi connectivity index (χ1n) is 8.73. The van der Waals surface area contributed by atoms with Gasteiger partial charge in [0.2, 0.25) is 0 Å². The lowest BCUT2D eigenvalue weighted by molar-refractivity contribution is 0.102. The Balaban J connectivity index is 1.78. The lowest BCUT2D eigenvalue weighted by Gasteiger charge is -2.34. The van der Waals surface area contributed by atoms with Gasteiger partial charge in [-0.15, -0.1) is 11.3 Å². The van der Waals surface area contributed by atoms with E-state index in [1.54, 1.807) is 11.3 Å². The van der Waals surface area contributed by atoms with Crippen LogP contribution in [-0.4, -0.2) is 5.91 Å². The fraction of sp³-hybridized carbons (Fsp3) is 0.476. The molecule has 0 saturated carbocycles. The van der Waals surface area contributed by atoms with Crippen molar-refractivity contribution in [1.29, 1.82) is 0 Å². The van der Waals surface area contributed by atoms with Gasteiger partial charge in [-0.3, -0.25) is 4.79 Å². The number of carbonyl (C=O) groups excluding carboxylic acids is 1. The van der Waals surface area contributed by atoms with Gasteiger partial charge in [-0.2, -0.15) is 0 Å². The van der Waals surface area contributed by atoms with Crippen LogP contribution in [0, 0.1) is 25.2 Å². The number of amides is 1. The molecule has 0 aliphatic heterocycles. The Morgan fingerprint density at radius 2 is 1.96 bits per heavy atom. The van der Waals surface area contributed by atoms with Crippen LogP contribution in [0.4, 0.5) is 5.69 Å². The van der Waals surface area contributed by atoms with E-state index in [4.69, 9.17) is 0 Å². The number of rotatable bonds is 2. The second-order valence-electron chi connectivity index (χ2n) is 8.11. The van der Waals surface area contributed by atoms with Crippen LogP contribution in [0.1, 0.15) is 59.1 Å². The highest BCUT2D eigenvalue weighted by Gasteiger charge is 2.31. The lowest BCUT2D eigenvalue weighted by Crippen LogP contribution is -2.27. The monoisotopic (exact) mass is 341 g/mol. The number of anilines is 1. The topological polar surface area (TPSA) is 29.1 Å². The first-order valence-corrected chi connectivity index (χ1v) is 9.61. The maximum absolute atomic E-state index is 12.7. The molecule has 1 aliphatic carbocycles. The molecule has 24 heavy (non-hydrogen) atoms. The summed E-state index contributed by atoms with van der Waals surface area (Å²) in [5.74, 6) is 0.740. The molecule has 1 amide bonds. The minimum absolute atomic E-state index is 0.0324. The smallest absolute Gasteiger partial charge is 0.256 e. The molecule has 1 heterocycles. The molecule has 3 heteroatoms. The second kappa shape index (κ2) is 6.36. The summed E-state index contributed by atoms with van der Waals surface area (Å²) in [5.41, 5.74) is 5.82. The zero-order valence-corrected chi connectivity index (χ0v) is 16.1. The number of aryl methyl sites for hydroxylation is 2. The molecule has 2 nitrogen and oxygen atoms in total. The summed E-state index contributed by atoms with van der Waals surface area (Å²) in [6.07, 6.45) is 3.31. The van der Waals surface area contributed by atoms with Crippen molar-refractivity contribution in [2.24, 2.45) is 11.3 Å². The molecular formula is C21H27NOS. The quantitative estimate of drug-likeness (QED) is 0.738. The number of carbonyl (C=O) groups is 1. The van der Waals surface area contributed by atoms with Gasteiger partial charge in [0.05, 0.1) is 5.56 Å². The lowest BCUT2D eigenvalue weighted by atomic mass is 9.72. The Hall–Kier alpha value is -1.61. The van der Waals surface area contributed by atoms with Crippen LogP contribution in [0.15, 0.2) is 23.6 Å². The number of nitrogens with one attached hydrogen (secondary N) is 1. The third kappa shape index (κ3) is 3.41. The molecule has 0 spiro atoms. The van der Waals surface area contributed by atoms with E-state index in [9.17, 15) is 4.79 Å². The standard InChI is InChI=1S/C21H27NOS/c1-13-6-8-16(10-14(13)2)22-20(23)18-12-24-19-11-15(21(3,4)5)7-9-17(18)19/h6,8,10,12,15H,7,9,11H2,1-5H3,(H,22,23). The zero-order valence-electron chi connectivity index (χ0n) is 15.3. The summed E-state index contributed by atoms with van der Waals surface area (Å²) in [6.45, 7) is 11.1. The third-order valence-corrected chi connectivity index (χ3v) is 6.44. The van der Waals surface area contributed by atoms with E-state index in [-0.39, 0.29) is 5.91 Å². The number of hydrogen-bond acceptors (Lipinski definition) is 2. The molecule has 0 bridgehead atoms. The molecule has 0 fully saturated rings. The molecule has 1 aliphatic rings. The van der Waals surface area contributed by atoms with Crippen molar-refractivity contribution >= 4 is 22.9 Å². The van der Waals surface area contributed by atoms with E-state index in [0.717, 1.165) is 24.1 Å². The van der Waals surface area contributed by atoms with Gasteiger partial charge in [-0.1, -0.05) is 26.8 Å². The highest BCUT2D eigenvalue weighted by atomic mass is 32.1. The molecule has 1 N–H and O–H groups in total. The summed E-state index contributed by atoms with van der Waals surface area (Å²) in [5, 5.41) is 5.12. The largest absolute Gasteiger partial charge is 0.322 e. The molecule has 0 radical (unpaired) electrons. The molecule has 128 valence electrons. The van der Waals surface area contributed by atoms with Crippen LogP contribution in [0.2, 0.25) is 0 Å². The highest BCUT2D eigenvalue weighted by Crippen LogP contribution is 2.40. The van der Waals surface area contributed by atoms with Crippen molar-refractivity contribution in [2.45, 2.75) is 53.9 Å². The van der Waals surface area contributed by atoms with E-state index in [1.165, 1.54) is 28.0 Å². The Kier molecular flexibility index (Phi) is 4.56. The van der Waals surface area contributed by atoms with Gasteiger partial charge < -0.3 is 5.32 Å². The Morgan fingerprint density at radius 3 is 2.62 bits per heavy atom. The number of thiophene rings is 1. The predicted octanol–water partition coefficient (Wildman–Crippen LogP) is 5.77. The summed E-state index contributed by atoms with van der Waals surface area (Å²) >= 11 is 1.76. The van der Waals surface area contributed by atoms with Crippen LogP contribution in [-0.2, 0) is 12.8 Å². The van der Waals surface area contributed by atoms with Crippen molar-refractivity contribution in [1.82, 2.24) is 0 Å². The molecule has 1 unspecified atom stereocenters. The number of fused-ring (bicyclic) bond motifs is 1. The van der Waals surface area contributed by atoms with Crippen molar-refractivity contribution in [3.63, 3.8) is 0 Å². The fourth-order valence-corrected chi connectivity index (χ4v) is 4.62. The number of benzene rings is 1. The molecule has 1 aromatic heterocycles. The van der Waals surface area contributed by atoms with Crippen molar-refractivity contribution in [3.8, 4) is 0 Å². The van der Waals surface area contributed by atoms with Crippen LogP contribution in [0.25, 0.3) is 0 Å². The predicted molar refractivity (Wildman–Crippen MR) is 103 cm³/mol. The van der Waals surface area contributed by atoms with E-state index >= 15 is 0 Å². The second-order valence-corrected chi connectivity index (χ2v) is 9.07. The normalized spacial score (nSPS) is 17.5. The maximum atomic E-state index is 12.7. The van der Waals surface area contributed by atoms with Crippen LogP contribution in [0.5, 0.6) is 0 Å². The zero-order chi connectivity index (χ0) is 17.5. The Labute approximate surface area is 149 Å². The first kappa shape index (κ1) is 17.2. The van der Waals surface area contributed by atoms with Crippen molar-refractivity contribution < 1.29 is 4.79 Å². The summed E-state index contributed by atoms with van der Waals surface area (Å²) in [7, 11) is 0. The van der Waals surface area contributed by atoms with Gasteiger partial charge in [0.15, 0.2) is 0 Å². The fourth-order valence-electron chi connectivity index (χ4n) is 3.46. The van der Waals surface area contributed by atoms with E-state index < -0.39 is 0 Å². The minimum Gasteiger partial charge on any atom is -0.322 e. The first-order chi connectivity index (χ1) is 11.3. The maximum Gasteiger partial charge on any atom is 0.256 e. The van der Waals surface area contributed by atoms with Crippen molar-refractivity contribution in [2.75, 3.05) is 5.32 Å². The van der Waals surface area contributed by atoms with Crippen LogP contribution < -0.4 is 5.32 Å². The van der Waals surface area contributed by atoms with Gasteiger partial charge in [0.1, 0.15) is 0 Å². The van der Waals surface area contributed by atoms with E-state index in [2.05, 4.69) is 46.0 Å². The molecular weight excluding hydrogens is 314 g/mol. The van der Waals surface area contributed by atoms with E-state index in [1.807, 2.05) is 17.5 Å². The van der Waals surface area contributed by atoms with Gasteiger partial charge >= 0.3 is 0 Å². The summed E-state index contributed by atoms with van der Waals surface area (Å²) in [4.78, 5) is 14.1. The highest BCUT2D eigenvalue weighted by molar-refractivity contribution is 7.10. The Morgan fingerprint density at radius 1 is 1.21 bits per heavy atom. The average molecular weight is 342 g/mol. The van der Waals surface area contributed by atoms with Gasteiger partial charge in [-0.25, -0.2) is 0 Å². The van der Waals surface area contributed by atoms with Crippen molar-refractivity contribution in [3.05, 3.63) is 50.7 Å². The minimum atomic E-state index is 0.0324. The summed E-state index contributed by atoms with van der Waals surface area (Å²) < 4.78 is 0. The molecule has 2 aromatic rings. The van der Waals surface area contributed by atoms with Gasteiger partial charge in [0, 0.05) is 15.9 Å². The Bertz CT molecular complexity index is 767. The van der Waals surface area contributed by atoms with E-state index in [0.29, 0.717) is 11.3 Å². The molecule has 1 aromatic carbocycles. The molecule has 3 rings (SSSR count). The molecule has 0 saturated heterocycles. The van der Waals surface area contributed by atoms with Crippen LogP contribution >= 0.6 is 11.3 Å². The summed E-state index contributed by atoms with van der Waals surface area (Å²) in [6, 6.07) is 6.08. The number of hydrogen-bond donors (Lipinski definition) is 1. The van der Waals surface area contributed by atoms with Crippen LogP contribution in [0.3, 0.4) is 0 Å². The third-order valence-electron chi connectivity index (χ3n) is 5.39. The average Bonchev–Trinajstić information content (AvgIpc) is 2.93. The SMILES string of the molecule is Cc1ccc(NC(=O)c2csc3c2CCC(C(C)(C)C)C3)cc1C. The molecule has 1 atom stereocenters. The van der Waals surface area contributed by atoms with Gasteiger partial charge in [0.25, 0.3) is 5.91 Å². The van der Waals surface area contributed by atoms with Gasteiger partial charge in [-0.05, 0) is 73.3 Å².